The van der Waals surface area contributed by atoms with Crippen molar-refractivity contribution in [3.63, 3.8) is 0 Å². The predicted molar refractivity (Wildman–Crippen MR) is 84.3 cm³/mol. The van der Waals surface area contributed by atoms with Crippen molar-refractivity contribution in [2.45, 2.75) is 95.2 Å². The van der Waals surface area contributed by atoms with Gasteiger partial charge in [0, 0.05) is 12.1 Å². The average Bonchev–Trinajstić information content (AvgIpc) is 2.48. The van der Waals surface area contributed by atoms with E-state index < -0.39 is 6.10 Å². The summed E-state index contributed by atoms with van der Waals surface area (Å²) in [6, 6.07) is -0.256. The molecule has 0 spiro atoms. The van der Waals surface area contributed by atoms with Gasteiger partial charge < -0.3 is 16.6 Å². The van der Waals surface area contributed by atoms with Crippen LogP contribution in [0.4, 0.5) is 0 Å². The van der Waals surface area contributed by atoms with Gasteiger partial charge in [0.1, 0.15) is 0 Å². The molecule has 0 aromatic rings. The molecule has 0 aromatic heterocycles. The number of hydrogen-bond acceptors (Lipinski definition) is 3. The average molecular weight is 282 g/mol. The van der Waals surface area contributed by atoms with Crippen molar-refractivity contribution in [3.05, 3.63) is 0 Å². The van der Waals surface area contributed by atoms with E-state index in [1.807, 2.05) is 0 Å². The molecule has 0 radical (unpaired) electrons. The third-order valence-electron chi connectivity index (χ3n) is 5.54. The molecule has 20 heavy (non-hydrogen) atoms. The van der Waals surface area contributed by atoms with E-state index in [4.69, 9.17) is 11.5 Å². The lowest BCUT2D eigenvalue weighted by Gasteiger charge is -2.32. The van der Waals surface area contributed by atoms with E-state index in [0.29, 0.717) is 0 Å². The zero-order valence-electron chi connectivity index (χ0n) is 13.0. The highest BCUT2D eigenvalue weighted by atomic mass is 16.3. The first-order chi connectivity index (χ1) is 9.66. The zero-order chi connectivity index (χ0) is 14.4. The molecule has 0 aliphatic heterocycles. The summed E-state index contributed by atoms with van der Waals surface area (Å²) in [5.41, 5.74) is 12.4. The van der Waals surface area contributed by atoms with Gasteiger partial charge in [-0.1, -0.05) is 64.2 Å². The molecule has 0 saturated heterocycles. The molecule has 118 valence electrons. The van der Waals surface area contributed by atoms with E-state index >= 15 is 0 Å². The largest absolute Gasteiger partial charge is 0.390 e. The second-order valence-corrected chi connectivity index (χ2v) is 7.30. The molecule has 0 amide bonds. The predicted octanol–water partition coefficient (Wildman–Crippen LogP) is 2.94. The van der Waals surface area contributed by atoms with Gasteiger partial charge in [-0.15, -0.1) is 0 Å². The Balaban J connectivity index is 1.71. The van der Waals surface area contributed by atoms with E-state index in [1.165, 1.54) is 64.2 Å². The van der Waals surface area contributed by atoms with E-state index in [2.05, 4.69) is 0 Å². The normalized spacial score (nSPS) is 27.1. The highest BCUT2D eigenvalue weighted by Gasteiger charge is 2.28. The summed E-state index contributed by atoms with van der Waals surface area (Å²) in [6.07, 6.45) is 14.6. The molecular formula is C17H34N2O. The van der Waals surface area contributed by atoms with Crippen molar-refractivity contribution in [3.8, 4) is 0 Å². The second-order valence-electron chi connectivity index (χ2n) is 7.30. The standard InChI is InChI=1S/C17H34N2O/c18-15(11-13-7-3-1-4-8-13)17(20)16(19)12-14-9-5-2-6-10-14/h13-17,20H,1-12,18-19H2/t15-,16+,17?. The minimum Gasteiger partial charge on any atom is -0.390 e. The van der Waals surface area contributed by atoms with E-state index in [0.717, 1.165) is 24.7 Å². The molecule has 0 heterocycles. The summed E-state index contributed by atoms with van der Waals surface area (Å²) in [5.74, 6) is 1.44. The second kappa shape index (κ2) is 8.35. The summed E-state index contributed by atoms with van der Waals surface area (Å²) >= 11 is 0. The molecule has 1 unspecified atom stereocenters. The molecule has 0 aromatic carbocycles. The summed E-state index contributed by atoms with van der Waals surface area (Å²) < 4.78 is 0. The van der Waals surface area contributed by atoms with Gasteiger partial charge in [0.05, 0.1) is 6.10 Å². The number of aliphatic hydroxyl groups is 1. The molecule has 2 aliphatic carbocycles. The van der Waals surface area contributed by atoms with Crippen molar-refractivity contribution in [2.75, 3.05) is 0 Å². The number of aliphatic hydroxyl groups excluding tert-OH is 1. The molecule has 2 aliphatic rings. The van der Waals surface area contributed by atoms with Crippen molar-refractivity contribution in [2.24, 2.45) is 23.3 Å². The molecule has 3 nitrogen and oxygen atoms in total. The highest BCUT2D eigenvalue weighted by Crippen LogP contribution is 2.30. The smallest absolute Gasteiger partial charge is 0.0841 e. The van der Waals surface area contributed by atoms with Gasteiger partial charge in [-0.2, -0.15) is 0 Å². The Bertz CT molecular complexity index is 234. The van der Waals surface area contributed by atoms with Crippen molar-refractivity contribution < 1.29 is 5.11 Å². The molecule has 2 fully saturated rings. The van der Waals surface area contributed by atoms with Crippen LogP contribution in [0.15, 0.2) is 0 Å². The van der Waals surface area contributed by atoms with Gasteiger partial charge in [0.2, 0.25) is 0 Å². The first-order valence-electron chi connectivity index (χ1n) is 8.86. The Morgan fingerprint density at radius 3 is 1.40 bits per heavy atom. The zero-order valence-corrected chi connectivity index (χ0v) is 13.0. The molecule has 5 N–H and O–H groups in total. The van der Waals surface area contributed by atoms with Crippen LogP contribution in [0.3, 0.4) is 0 Å². The summed E-state index contributed by atoms with van der Waals surface area (Å²) in [6.45, 7) is 0. The lowest BCUT2D eigenvalue weighted by molar-refractivity contribution is 0.0888. The number of hydrogen-bond donors (Lipinski definition) is 3. The Kier molecular flexibility index (Phi) is 6.79. The molecular weight excluding hydrogens is 248 g/mol. The summed E-state index contributed by atoms with van der Waals surface area (Å²) in [7, 11) is 0. The van der Waals surface area contributed by atoms with Crippen LogP contribution in [-0.2, 0) is 0 Å². The Morgan fingerprint density at radius 2 is 1.05 bits per heavy atom. The monoisotopic (exact) mass is 282 g/mol. The van der Waals surface area contributed by atoms with Gasteiger partial charge in [-0.3, -0.25) is 0 Å². The minimum absolute atomic E-state index is 0.128. The minimum atomic E-state index is -0.515. The molecule has 3 atom stereocenters. The van der Waals surface area contributed by atoms with Gasteiger partial charge >= 0.3 is 0 Å². The lowest BCUT2D eigenvalue weighted by atomic mass is 9.80. The van der Waals surface area contributed by atoms with Gasteiger partial charge in [-0.05, 0) is 24.7 Å². The maximum Gasteiger partial charge on any atom is 0.0841 e. The third-order valence-corrected chi connectivity index (χ3v) is 5.54. The van der Waals surface area contributed by atoms with Gasteiger partial charge in [0.15, 0.2) is 0 Å². The molecule has 2 saturated carbocycles. The topological polar surface area (TPSA) is 72.3 Å². The first-order valence-corrected chi connectivity index (χ1v) is 8.86. The fraction of sp³-hybridized carbons (Fsp3) is 1.00. The Labute approximate surface area is 124 Å². The quantitative estimate of drug-likeness (QED) is 0.701. The maximum absolute atomic E-state index is 10.4. The van der Waals surface area contributed by atoms with Crippen LogP contribution in [0.1, 0.15) is 77.0 Å². The van der Waals surface area contributed by atoms with Crippen molar-refractivity contribution >= 4 is 0 Å². The highest BCUT2D eigenvalue weighted by molar-refractivity contribution is 4.86. The van der Waals surface area contributed by atoms with Crippen LogP contribution >= 0.6 is 0 Å². The Morgan fingerprint density at radius 1 is 0.700 bits per heavy atom. The fourth-order valence-corrected chi connectivity index (χ4v) is 4.21. The lowest BCUT2D eigenvalue weighted by Crippen LogP contribution is -2.49. The van der Waals surface area contributed by atoms with Crippen LogP contribution in [0.5, 0.6) is 0 Å². The fourth-order valence-electron chi connectivity index (χ4n) is 4.21. The van der Waals surface area contributed by atoms with E-state index in [9.17, 15) is 5.11 Å². The molecule has 2 rings (SSSR count). The number of rotatable bonds is 6. The van der Waals surface area contributed by atoms with Crippen LogP contribution in [0, 0.1) is 11.8 Å². The molecule has 3 heteroatoms. The maximum atomic E-state index is 10.4. The van der Waals surface area contributed by atoms with Gasteiger partial charge in [0.25, 0.3) is 0 Å². The van der Waals surface area contributed by atoms with Crippen LogP contribution in [0.25, 0.3) is 0 Å². The number of nitrogens with two attached hydrogens (primary N) is 2. The summed E-state index contributed by atoms with van der Waals surface area (Å²) in [4.78, 5) is 0. The van der Waals surface area contributed by atoms with Crippen LogP contribution < -0.4 is 11.5 Å². The third kappa shape index (κ3) is 5.01. The van der Waals surface area contributed by atoms with Crippen LogP contribution in [0.2, 0.25) is 0 Å². The van der Waals surface area contributed by atoms with Crippen LogP contribution in [-0.4, -0.2) is 23.3 Å². The first kappa shape index (κ1) is 16.3. The molecule has 0 bridgehead atoms. The van der Waals surface area contributed by atoms with Crippen molar-refractivity contribution in [1.29, 1.82) is 0 Å². The summed E-state index contributed by atoms with van der Waals surface area (Å²) in [5, 5.41) is 10.4. The SMILES string of the molecule is N[C@H](CC1CCCCC1)C(O)[C@@H](N)CC1CCCCC1. The van der Waals surface area contributed by atoms with Gasteiger partial charge in [-0.25, -0.2) is 0 Å². The van der Waals surface area contributed by atoms with Crippen molar-refractivity contribution in [1.82, 2.24) is 0 Å². The Hall–Kier alpha value is -0.120. The van der Waals surface area contributed by atoms with E-state index in [-0.39, 0.29) is 12.1 Å². The van der Waals surface area contributed by atoms with E-state index in [1.54, 1.807) is 0 Å².